The Morgan fingerprint density at radius 2 is 2.14 bits per heavy atom. The number of carbonyl (C=O) groups is 1. The third-order valence-electron chi connectivity index (χ3n) is 3.94. The van der Waals surface area contributed by atoms with Gasteiger partial charge in [-0.15, -0.1) is 0 Å². The van der Waals surface area contributed by atoms with Crippen LogP contribution >= 0.6 is 0 Å². The van der Waals surface area contributed by atoms with Crippen LogP contribution in [-0.2, 0) is 10.2 Å². The fourth-order valence-electron chi connectivity index (χ4n) is 2.30. The van der Waals surface area contributed by atoms with Crippen LogP contribution in [0, 0.1) is 5.92 Å². The van der Waals surface area contributed by atoms with E-state index in [1.807, 2.05) is 6.07 Å². The Hall–Kier alpha value is -1.36. The van der Waals surface area contributed by atoms with Crippen molar-refractivity contribution in [2.75, 3.05) is 18.4 Å². The molecule has 0 aliphatic heterocycles. The van der Waals surface area contributed by atoms with E-state index < -0.39 is 0 Å². The van der Waals surface area contributed by atoms with Crippen molar-refractivity contribution in [1.29, 1.82) is 0 Å². The van der Waals surface area contributed by atoms with E-state index >= 15 is 0 Å². The van der Waals surface area contributed by atoms with E-state index in [0.717, 1.165) is 18.7 Å². The molecule has 1 heterocycles. The Bertz CT molecular complexity index is 498. The summed E-state index contributed by atoms with van der Waals surface area (Å²) >= 11 is 0. The largest absolute Gasteiger partial charge is 0.338 e. The molecule has 1 amide bonds. The summed E-state index contributed by atoms with van der Waals surface area (Å²) in [6.07, 6.45) is 3.55. The standard InChI is InChI=1S/C17H29N3O2/c1-12(2)8-9-20(13-6-7-13)11-15(21)18-16-10-14(19-22-16)17(3,4)5/h10,12-13H,6-9,11H2,1-5H3,(H,18,21). The third-order valence-corrected chi connectivity index (χ3v) is 3.94. The van der Waals surface area contributed by atoms with Crippen molar-refractivity contribution in [2.45, 2.75) is 65.3 Å². The molecule has 1 saturated carbocycles. The molecular formula is C17H29N3O2. The van der Waals surface area contributed by atoms with E-state index in [1.54, 1.807) is 0 Å². The number of aromatic nitrogens is 1. The lowest BCUT2D eigenvalue weighted by molar-refractivity contribution is -0.117. The first-order valence-corrected chi connectivity index (χ1v) is 8.27. The first-order chi connectivity index (χ1) is 10.3. The van der Waals surface area contributed by atoms with E-state index in [9.17, 15) is 4.79 Å². The molecule has 1 aliphatic rings. The highest BCUT2D eigenvalue weighted by atomic mass is 16.5. The Morgan fingerprint density at radius 3 is 2.64 bits per heavy atom. The van der Waals surface area contributed by atoms with Crippen molar-refractivity contribution in [3.63, 3.8) is 0 Å². The predicted molar refractivity (Wildman–Crippen MR) is 87.9 cm³/mol. The van der Waals surface area contributed by atoms with Crippen molar-refractivity contribution in [3.05, 3.63) is 11.8 Å². The van der Waals surface area contributed by atoms with Gasteiger partial charge in [0.05, 0.1) is 12.2 Å². The Balaban J connectivity index is 1.86. The summed E-state index contributed by atoms with van der Waals surface area (Å²) in [6.45, 7) is 12.1. The number of anilines is 1. The van der Waals surface area contributed by atoms with Gasteiger partial charge in [-0.2, -0.15) is 0 Å². The van der Waals surface area contributed by atoms with Gasteiger partial charge in [0.1, 0.15) is 0 Å². The van der Waals surface area contributed by atoms with Gasteiger partial charge in [0.15, 0.2) is 0 Å². The van der Waals surface area contributed by atoms with E-state index in [2.05, 4.69) is 50.0 Å². The highest BCUT2D eigenvalue weighted by molar-refractivity contribution is 5.91. The van der Waals surface area contributed by atoms with Gasteiger partial charge in [0.2, 0.25) is 11.8 Å². The van der Waals surface area contributed by atoms with Gasteiger partial charge in [-0.25, -0.2) is 0 Å². The Kier molecular flexibility index (Phi) is 5.27. The van der Waals surface area contributed by atoms with Crippen LogP contribution < -0.4 is 5.32 Å². The highest BCUT2D eigenvalue weighted by Crippen LogP contribution is 2.27. The summed E-state index contributed by atoms with van der Waals surface area (Å²) in [6, 6.07) is 2.40. The van der Waals surface area contributed by atoms with Crippen LogP contribution in [0.1, 0.15) is 59.6 Å². The lowest BCUT2D eigenvalue weighted by Crippen LogP contribution is -2.36. The molecular weight excluding hydrogens is 278 g/mol. The van der Waals surface area contributed by atoms with Crippen LogP contribution in [0.5, 0.6) is 0 Å². The second-order valence-electron chi connectivity index (χ2n) is 7.76. The normalized spacial score (nSPS) is 15.6. The zero-order valence-corrected chi connectivity index (χ0v) is 14.5. The molecule has 5 heteroatoms. The van der Waals surface area contributed by atoms with Gasteiger partial charge in [-0.05, 0) is 31.7 Å². The smallest absolute Gasteiger partial charge is 0.240 e. The summed E-state index contributed by atoms with van der Waals surface area (Å²) in [5.74, 6) is 1.08. The Morgan fingerprint density at radius 1 is 1.45 bits per heavy atom. The molecule has 1 aromatic heterocycles. The average molecular weight is 307 g/mol. The van der Waals surface area contributed by atoms with Crippen LogP contribution in [0.15, 0.2) is 10.6 Å². The summed E-state index contributed by atoms with van der Waals surface area (Å²) in [7, 11) is 0. The minimum Gasteiger partial charge on any atom is -0.338 e. The number of nitrogens with one attached hydrogen (secondary N) is 1. The van der Waals surface area contributed by atoms with Crippen molar-refractivity contribution in [2.24, 2.45) is 5.92 Å². The van der Waals surface area contributed by atoms with Crippen molar-refractivity contribution in [3.8, 4) is 0 Å². The maximum Gasteiger partial charge on any atom is 0.240 e. The topological polar surface area (TPSA) is 58.4 Å². The molecule has 0 atom stereocenters. The molecule has 124 valence electrons. The number of rotatable bonds is 7. The molecule has 0 bridgehead atoms. The van der Waals surface area contributed by atoms with Crippen molar-refractivity contribution >= 4 is 11.8 Å². The van der Waals surface area contributed by atoms with E-state index in [0.29, 0.717) is 24.4 Å². The molecule has 22 heavy (non-hydrogen) atoms. The lowest BCUT2D eigenvalue weighted by Gasteiger charge is -2.21. The summed E-state index contributed by atoms with van der Waals surface area (Å²) in [5, 5.41) is 6.85. The monoisotopic (exact) mass is 307 g/mol. The molecule has 2 rings (SSSR count). The second-order valence-corrected chi connectivity index (χ2v) is 7.76. The predicted octanol–water partition coefficient (Wildman–Crippen LogP) is 3.42. The van der Waals surface area contributed by atoms with Gasteiger partial charge >= 0.3 is 0 Å². The molecule has 1 N–H and O–H groups in total. The zero-order chi connectivity index (χ0) is 16.3. The molecule has 1 aromatic rings. The minimum absolute atomic E-state index is 0.0211. The first kappa shape index (κ1) is 17.0. The van der Waals surface area contributed by atoms with Crippen molar-refractivity contribution < 1.29 is 9.32 Å². The van der Waals surface area contributed by atoms with Gasteiger partial charge in [-0.3, -0.25) is 15.0 Å². The van der Waals surface area contributed by atoms with Crippen LogP contribution in [0.2, 0.25) is 0 Å². The molecule has 1 fully saturated rings. The summed E-state index contributed by atoms with van der Waals surface area (Å²) in [5.41, 5.74) is 0.769. The first-order valence-electron chi connectivity index (χ1n) is 8.27. The quantitative estimate of drug-likeness (QED) is 0.838. The van der Waals surface area contributed by atoms with Crippen molar-refractivity contribution in [1.82, 2.24) is 10.1 Å². The molecule has 0 radical (unpaired) electrons. The number of hydrogen-bond donors (Lipinski definition) is 1. The molecule has 0 unspecified atom stereocenters. The van der Waals surface area contributed by atoms with Crippen LogP contribution in [0.4, 0.5) is 5.88 Å². The fourth-order valence-corrected chi connectivity index (χ4v) is 2.30. The molecule has 0 saturated heterocycles. The lowest BCUT2D eigenvalue weighted by atomic mass is 9.92. The molecule has 1 aliphatic carbocycles. The summed E-state index contributed by atoms with van der Waals surface area (Å²) < 4.78 is 5.22. The van der Waals surface area contributed by atoms with Gasteiger partial charge in [0, 0.05) is 17.5 Å². The number of carbonyl (C=O) groups excluding carboxylic acids is 1. The van der Waals surface area contributed by atoms with E-state index in [-0.39, 0.29) is 11.3 Å². The molecule has 0 spiro atoms. The zero-order valence-electron chi connectivity index (χ0n) is 14.5. The van der Waals surface area contributed by atoms with Gasteiger partial charge < -0.3 is 4.52 Å². The SMILES string of the molecule is CC(C)CCN(CC(=O)Nc1cc(C(C)(C)C)no1)C1CC1. The maximum absolute atomic E-state index is 12.2. The fraction of sp³-hybridized carbons (Fsp3) is 0.765. The highest BCUT2D eigenvalue weighted by Gasteiger charge is 2.30. The molecule has 5 nitrogen and oxygen atoms in total. The van der Waals surface area contributed by atoms with Gasteiger partial charge in [-0.1, -0.05) is 39.8 Å². The van der Waals surface area contributed by atoms with Gasteiger partial charge in [0.25, 0.3) is 0 Å². The number of hydrogen-bond acceptors (Lipinski definition) is 4. The van der Waals surface area contributed by atoms with E-state index in [4.69, 9.17) is 4.52 Å². The number of amides is 1. The second kappa shape index (κ2) is 6.82. The maximum atomic E-state index is 12.2. The minimum atomic E-state index is -0.0796. The third kappa shape index (κ3) is 5.13. The van der Waals surface area contributed by atoms with E-state index in [1.165, 1.54) is 12.8 Å². The van der Waals surface area contributed by atoms with Crippen LogP contribution in [-0.4, -0.2) is 35.1 Å². The number of nitrogens with zero attached hydrogens (tertiary/aromatic N) is 2. The van der Waals surface area contributed by atoms with Crippen LogP contribution in [0.25, 0.3) is 0 Å². The molecule has 0 aromatic carbocycles. The Labute approximate surface area is 133 Å². The average Bonchev–Trinajstić information content (AvgIpc) is 3.12. The summed E-state index contributed by atoms with van der Waals surface area (Å²) in [4.78, 5) is 14.5. The van der Waals surface area contributed by atoms with Crippen LogP contribution in [0.3, 0.4) is 0 Å².